The minimum atomic E-state index is -0.0611. The molecule has 0 aliphatic carbocycles. The van der Waals surface area contributed by atoms with Gasteiger partial charge in [0.1, 0.15) is 0 Å². The Bertz CT molecular complexity index is 854. The highest BCUT2D eigenvalue weighted by atomic mass is 35.5. The molecule has 1 N–H and O–H groups in total. The van der Waals surface area contributed by atoms with Gasteiger partial charge in [-0.1, -0.05) is 40.9 Å². The maximum absolute atomic E-state index is 12.4. The van der Waals surface area contributed by atoms with E-state index in [9.17, 15) is 4.79 Å². The highest BCUT2D eigenvalue weighted by Gasteiger charge is 2.10. The van der Waals surface area contributed by atoms with Crippen LogP contribution in [0.25, 0.3) is 0 Å². The molecule has 0 atom stereocenters. The molecule has 0 aliphatic rings. The van der Waals surface area contributed by atoms with Crippen molar-refractivity contribution in [1.82, 2.24) is 0 Å². The summed E-state index contributed by atoms with van der Waals surface area (Å²) in [5.41, 5.74) is 2.61. The molecule has 0 fully saturated rings. The molecule has 0 aromatic heterocycles. The third-order valence-electron chi connectivity index (χ3n) is 3.49. The lowest BCUT2D eigenvalue weighted by Gasteiger charge is -2.11. The third kappa shape index (κ3) is 3.73. The summed E-state index contributed by atoms with van der Waals surface area (Å²) < 4.78 is 0. The van der Waals surface area contributed by atoms with Gasteiger partial charge in [0.25, 0.3) is 0 Å². The van der Waals surface area contributed by atoms with Crippen LogP contribution in [-0.4, -0.2) is 5.78 Å². The van der Waals surface area contributed by atoms with Crippen LogP contribution in [0, 0.1) is 0 Å². The molecule has 0 aliphatic heterocycles. The smallest absolute Gasteiger partial charge is 0.193 e. The van der Waals surface area contributed by atoms with Gasteiger partial charge in [-0.3, -0.25) is 4.79 Å². The van der Waals surface area contributed by atoms with Crippen molar-refractivity contribution in [3.05, 3.63) is 92.9 Å². The van der Waals surface area contributed by atoms with Crippen LogP contribution in [0.3, 0.4) is 0 Å². The minimum Gasteiger partial charge on any atom is -0.353 e. The molecule has 120 valence electrons. The number of rotatable bonds is 4. The second-order valence-electron chi connectivity index (χ2n) is 5.14. The first kappa shape index (κ1) is 16.8. The van der Waals surface area contributed by atoms with Crippen molar-refractivity contribution in [2.45, 2.75) is 0 Å². The molecule has 5 heteroatoms. The minimum absolute atomic E-state index is 0.0611. The summed E-state index contributed by atoms with van der Waals surface area (Å²) in [6.07, 6.45) is 0. The van der Waals surface area contributed by atoms with Crippen LogP contribution in [0.5, 0.6) is 0 Å². The summed E-state index contributed by atoms with van der Waals surface area (Å²) in [6, 6.07) is 19.2. The van der Waals surface area contributed by atoms with Crippen LogP contribution >= 0.6 is 34.8 Å². The molecule has 3 aromatic carbocycles. The molecule has 2 nitrogen and oxygen atoms in total. The van der Waals surface area contributed by atoms with Gasteiger partial charge >= 0.3 is 0 Å². The molecule has 0 heterocycles. The molecule has 3 rings (SSSR count). The fourth-order valence-corrected chi connectivity index (χ4v) is 2.85. The standard InChI is InChI=1S/C19H12Cl3NO/c20-14-8-4-12(5-9-14)19(24)13-6-10-15(11-7-13)23-18-16(21)2-1-3-17(18)22/h1-11,23H. The molecule has 0 amide bonds. The number of ketones is 1. The van der Waals surface area contributed by atoms with Gasteiger partial charge in [-0.2, -0.15) is 0 Å². The van der Waals surface area contributed by atoms with Crippen molar-refractivity contribution < 1.29 is 4.79 Å². The molecular formula is C19H12Cl3NO. The van der Waals surface area contributed by atoms with E-state index in [0.29, 0.717) is 31.9 Å². The number of para-hydroxylation sites is 1. The lowest BCUT2D eigenvalue weighted by atomic mass is 10.0. The molecule has 0 spiro atoms. The van der Waals surface area contributed by atoms with Gasteiger partial charge in [0.05, 0.1) is 15.7 Å². The van der Waals surface area contributed by atoms with Crippen molar-refractivity contribution in [3.8, 4) is 0 Å². The Balaban J connectivity index is 1.80. The molecule has 0 radical (unpaired) electrons. The number of hydrogen-bond acceptors (Lipinski definition) is 2. The molecule has 24 heavy (non-hydrogen) atoms. The van der Waals surface area contributed by atoms with Crippen LogP contribution in [0.1, 0.15) is 15.9 Å². The first-order chi connectivity index (χ1) is 11.5. The maximum Gasteiger partial charge on any atom is 0.193 e. The Morgan fingerprint density at radius 2 is 1.21 bits per heavy atom. The summed E-state index contributed by atoms with van der Waals surface area (Å²) in [4.78, 5) is 12.4. The Hall–Kier alpha value is -2.00. The number of benzene rings is 3. The fourth-order valence-electron chi connectivity index (χ4n) is 2.23. The third-order valence-corrected chi connectivity index (χ3v) is 4.37. The Morgan fingerprint density at radius 1 is 0.708 bits per heavy atom. The van der Waals surface area contributed by atoms with Crippen molar-refractivity contribution in [2.24, 2.45) is 0 Å². The average molecular weight is 377 g/mol. The van der Waals surface area contributed by atoms with Crippen LogP contribution in [0.2, 0.25) is 15.1 Å². The zero-order chi connectivity index (χ0) is 17.1. The number of anilines is 2. The van der Waals surface area contributed by atoms with E-state index in [4.69, 9.17) is 34.8 Å². The zero-order valence-corrected chi connectivity index (χ0v) is 14.7. The van der Waals surface area contributed by atoms with E-state index >= 15 is 0 Å². The van der Waals surface area contributed by atoms with E-state index in [1.54, 1.807) is 54.6 Å². The average Bonchev–Trinajstić information content (AvgIpc) is 2.59. The van der Waals surface area contributed by atoms with Crippen molar-refractivity contribution in [3.63, 3.8) is 0 Å². The molecule has 3 aromatic rings. The van der Waals surface area contributed by atoms with Crippen LogP contribution < -0.4 is 5.32 Å². The van der Waals surface area contributed by atoms with Gasteiger partial charge in [0.15, 0.2) is 5.78 Å². The second-order valence-corrected chi connectivity index (χ2v) is 6.39. The molecule has 0 bridgehead atoms. The largest absolute Gasteiger partial charge is 0.353 e. The SMILES string of the molecule is O=C(c1ccc(Cl)cc1)c1ccc(Nc2c(Cl)cccc2Cl)cc1. The van der Waals surface area contributed by atoms with Crippen molar-refractivity contribution in [2.75, 3.05) is 5.32 Å². The number of halogens is 3. The lowest BCUT2D eigenvalue weighted by molar-refractivity contribution is 0.103. The summed E-state index contributed by atoms with van der Waals surface area (Å²) in [5.74, 6) is -0.0611. The summed E-state index contributed by atoms with van der Waals surface area (Å²) in [5, 5.41) is 4.82. The van der Waals surface area contributed by atoms with Crippen LogP contribution in [0.4, 0.5) is 11.4 Å². The van der Waals surface area contributed by atoms with Gasteiger partial charge in [-0.05, 0) is 60.7 Å². The van der Waals surface area contributed by atoms with Crippen LogP contribution in [-0.2, 0) is 0 Å². The van der Waals surface area contributed by atoms with Gasteiger partial charge in [-0.25, -0.2) is 0 Å². The molecule has 0 unspecified atom stereocenters. The maximum atomic E-state index is 12.4. The monoisotopic (exact) mass is 375 g/mol. The van der Waals surface area contributed by atoms with Gasteiger partial charge < -0.3 is 5.32 Å². The second kappa shape index (κ2) is 7.27. The normalized spacial score (nSPS) is 10.5. The van der Waals surface area contributed by atoms with E-state index in [2.05, 4.69) is 5.32 Å². The number of carbonyl (C=O) groups excluding carboxylic acids is 1. The van der Waals surface area contributed by atoms with Crippen molar-refractivity contribution in [1.29, 1.82) is 0 Å². The summed E-state index contributed by atoms with van der Waals surface area (Å²) in [6.45, 7) is 0. The number of carbonyl (C=O) groups is 1. The van der Waals surface area contributed by atoms with Gasteiger partial charge in [-0.15, -0.1) is 0 Å². The Kier molecular flexibility index (Phi) is 5.10. The van der Waals surface area contributed by atoms with E-state index in [1.807, 2.05) is 12.1 Å². The summed E-state index contributed by atoms with van der Waals surface area (Å²) >= 11 is 18.1. The van der Waals surface area contributed by atoms with Gasteiger partial charge in [0, 0.05) is 21.8 Å². The number of nitrogens with one attached hydrogen (secondary N) is 1. The van der Waals surface area contributed by atoms with E-state index in [1.165, 1.54) is 0 Å². The predicted octanol–water partition coefficient (Wildman–Crippen LogP) is 6.62. The lowest BCUT2D eigenvalue weighted by Crippen LogP contribution is -2.01. The highest BCUT2D eigenvalue weighted by Crippen LogP contribution is 2.32. The molecular weight excluding hydrogens is 365 g/mol. The quantitative estimate of drug-likeness (QED) is 0.518. The summed E-state index contributed by atoms with van der Waals surface area (Å²) in [7, 11) is 0. The first-order valence-corrected chi connectivity index (χ1v) is 8.29. The molecule has 0 saturated heterocycles. The highest BCUT2D eigenvalue weighted by molar-refractivity contribution is 6.39. The van der Waals surface area contributed by atoms with Crippen molar-refractivity contribution >= 4 is 52.0 Å². The topological polar surface area (TPSA) is 29.1 Å². The molecule has 0 saturated carbocycles. The number of hydrogen-bond donors (Lipinski definition) is 1. The zero-order valence-electron chi connectivity index (χ0n) is 12.4. The van der Waals surface area contributed by atoms with E-state index < -0.39 is 0 Å². The van der Waals surface area contributed by atoms with E-state index in [0.717, 1.165) is 5.69 Å². The Morgan fingerprint density at radius 3 is 1.75 bits per heavy atom. The predicted molar refractivity (Wildman–Crippen MR) is 101 cm³/mol. The first-order valence-electron chi connectivity index (χ1n) is 7.16. The van der Waals surface area contributed by atoms with Crippen LogP contribution in [0.15, 0.2) is 66.7 Å². The van der Waals surface area contributed by atoms with E-state index in [-0.39, 0.29) is 5.78 Å². The Labute approximate surface area is 155 Å². The van der Waals surface area contributed by atoms with Gasteiger partial charge in [0.2, 0.25) is 0 Å². The fraction of sp³-hybridized carbons (Fsp3) is 0.